The Hall–Kier alpha value is -1.42. The average Bonchev–Trinajstić information content (AvgIpc) is 2.36. The van der Waals surface area contributed by atoms with Crippen molar-refractivity contribution < 1.29 is 13.9 Å². The predicted octanol–water partition coefficient (Wildman–Crippen LogP) is 2.16. The lowest BCUT2D eigenvalue weighted by atomic mass is 10.1. The van der Waals surface area contributed by atoms with Crippen LogP contribution in [0.15, 0.2) is 24.3 Å². The van der Waals surface area contributed by atoms with Gasteiger partial charge in [-0.2, -0.15) is 0 Å². The smallest absolute Gasteiger partial charge is 0.309 e. The molecule has 0 aliphatic heterocycles. The third-order valence-corrected chi connectivity index (χ3v) is 2.64. The Morgan fingerprint density at radius 2 is 2.06 bits per heavy atom. The Balaban J connectivity index is 2.18. The summed E-state index contributed by atoms with van der Waals surface area (Å²) in [6.07, 6.45) is 0.815. The van der Waals surface area contributed by atoms with Crippen molar-refractivity contribution in [3.8, 4) is 0 Å². The van der Waals surface area contributed by atoms with Gasteiger partial charge in [0.15, 0.2) is 0 Å². The van der Waals surface area contributed by atoms with E-state index in [0.717, 1.165) is 18.5 Å². The Kier molecular flexibility index (Phi) is 6.36. The minimum absolute atomic E-state index is 0.141. The van der Waals surface area contributed by atoms with E-state index in [1.165, 1.54) is 12.1 Å². The first-order chi connectivity index (χ1) is 8.63. The minimum atomic E-state index is -0.220. The summed E-state index contributed by atoms with van der Waals surface area (Å²) < 4.78 is 17.6. The van der Waals surface area contributed by atoms with E-state index in [0.29, 0.717) is 13.2 Å². The van der Waals surface area contributed by atoms with Gasteiger partial charge >= 0.3 is 5.97 Å². The monoisotopic (exact) mass is 253 g/mol. The number of carbonyl (C=O) groups is 1. The topological polar surface area (TPSA) is 38.3 Å². The Morgan fingerprint density at radius 1 is 1.39 bits per heavy atom. The fraction of sp³-hybridized carbons (Fsp3) is 0.500. The molecule has 0 fully saturated rings. The summed E-state index contributed by atoms with van der Waals surface area (Å²) in [6, 6.07) is 6.45. The van der Waals surface area contributed by atoms with Crippen molar-refractivity contribution in [1.82, 2.24) is 5.32 Å². The molecular weight excluding hydrogens is 233 g/mol. The Labute approximate surface area is 107 Å². The van der Waals surface area contributed by atoms with Gasteiger partial charge in [0.2, 0.25) is 0 Å². The maximum Gasteiger partial charge on any atom is 0.309 e. The van der Waals surface area contributed by atoms with Gasteiger partial charge in [0.25, 0.3) is 0 Å². The van der Waals surface area contributed by atoms with Crippen molar-refractivity contribution >= 4 is 5.97 Å². The van der Waals surface area contributed by atoms with E-state index in [-0.39, 0.29) is 17.7 Å². The van der Waals surface area contributed by atoms with Crippen LogP contribution in [0.4, 0.5) is 4.39 Å². The van der Waals surface area contributed by atoms with E-state index in [2.05, 4.69) is 5.32 Å². The van der Waals surface area contributed by atoms with Crippen molar-refractivity contribution in [3.63, 3.8) is 0 Å². The highest BCUT2D eigenvalue weighted by Gasteiger charge is 2.12. The summed E-state index contributed by atoms with van der Waals surface area (Å²) in [7, 11) is 0. The molecule has 4 heteroatoms. The van der Waals surface area contributed by atoms with E-state index in [1.807, 2.05) is 6.92 Å². The number of carbonyl (C=O) groups excluding carboxylic acids is 1. The van der Waals surface area contributed by atoms with E-state index in [9.17, 15) is 9.18 Å². The second kappa shape index (κ2) is 7.82. The first kappa shape index (κ1) is 14.6. The first-order valence-corrected chi connectivity index (χ1v) is 6.25. The van der Waals surface area contributed by atoms with Gasteiger partial charge in [0, 0.05) is 6.54 Å². The van der Waals surface area contributed by atoms with E-state index in [4.69, 9.17) is 4.74 Å². The highest BCUT2D eigenvalue weighted by molar-refractivity contribution is 5.72. The molecule has 0 spiro atoms. The van der Waals surface area contributed by atoms with Crippen LogP contribution in [0.2, 0.25) is 0 Å². The quantitative estimate of drug-likeness (QED) is 0.598. The van der Waals surface area contributed by atoms with Crippen LogP contribution in [0, 0.1) is 11.7 Å². The lowest BCUT2D eigenvalue weighted by Gasteiger charge is -2.11. The Bertz CT molecular complexity index is 365. The number of ether oxygens (including phenoxy) is 1. The number of hydrogen-bond acceptors (Lipinski definition) is 3. The second-order valence-electron chi connectivity index (χ2n) is 4.23. The van der Waals surface area contributed by atoms with Crippen molar-refractivity contribution in [2.45, 2.75) is 20.3 Å². The van der Waals surface area contributed by atoms with Gasteiger partial charge < -0.3 is 10.1 Å². The number of nitrogens with one attached hydrogen (secondary N) is 1. The lowest BCUT2D eigenvalue weighted by molar-refractivity contribution is -0.147. The molecule has 1 aromatic rings. The fourth-order valence-corrected chi connectivity index (χ4v) is 1.57. The summed E-state index contributed by atoms with van der Waals surface area (Å²) in [5.74, 6) is -0.535. The molecule has 1 atom stereocenters. The van der Waals surface area contributed by atoms with Crippen LogP contribution in [0.25, 0.3) is 0 Å². The maximum absolute atomic E-state index is 12.7. The van der Waals surface area contributed by atoms with Crippen molar-refractivity contribution in [3.05, 3.63) is 35.6 Å². The summed E-state index contributed by atoms with van der Waals surface area (Å²) in [5, 5.41) is 3.19. The minimum Gasteiger partial charge on any atom is -0.466 e. The molecule has 18 heavy (non-hydrogen) atoms. The molecule has 1 unspecified atom stereocenters. The highest BCUT2D eigenvalue weighted by Crippen LogP contribution is 2.03. The van der Waals surface area contributed by atoms with Crippen LogP contribution in [-0.4, -0.2) is 25.7 Å². The van der Waals surface area contributed by atoms with Crippen LogP contribution in [-0.2, 0) is 16.0 Å². The molecule has 1 rings (SSSR count). The first-order valence-electron chi connectivity index (χ1n) is 6.25. The highest BCUT2D eigenvalue weighted by atomic mass is 19.1. The number of rotatable bonds is 7. The third kappa shape index (κ3) is 5.27. The van der Waals surface area contributed by atoms with Crippen molar-refractivity contribution in [2.24, 2.45) is 5.92 Å². The third-order valence-electron chi connectivity index (χ3n) is 2.64. The molecule has 1 aromatic carbocycles. The molecule has 0 aliphatic carbocycles. The maximum atomic E-state index is 12.7. The number of halogens is 1. The molecule has 0 aromatic heterocycles. The largest absolute Gasteiger partial charge is 0.466 e. The molecule has 3 nitrogen and oxygen atoms in total. The van der Waals surface area contributed by atoms with Gasteiger partial charge in [-0.15, -0.1) is 0 Å². The summed E-state index contributed by atoms with van der Waals surface area (Å²) >= 11 is 0. The summed E-state index contributed by atoms with van der Waals surface area (Å²) in [6.45, 7) is 5.41. The molecule has 100 valence electrons. The van der Waals surface area contributed by atoms with Crippen LogP contribution in [0.5, 0.6) is 0 Å². The number of hydrogen-bond donors (Lipinski definition) is 1. The number of esters is 1. The lowest BCUT2D eigenvalue weighted by Crippen LogP contribution is -2.29. The standard InChI is InChI=1S/C14H20FNO2/c1-3-18-14(17)11(2)10-16-9-8-12-4-6-13(15)7-5-12/h4-7,11,16H,3,8-10H2,1-2H3. The van der Waals surface area contributed by atoms with Crippen LogP contribution >= 0.6 is 0 Å². The Morgan fingerprint density at radius 3 is 2.67 bits per heavy atom. The molecule has 0 bridgehead atoms. The molecule has 1 N–H and O–H groups in total. The SMILES string of the molecule is CCOC(=O)C(C)CNCCc1ccc(F)cc1. The fourth-order valence-electron chi connectivity index (χ4n) is 1.57. The van der Waals surface area contributed by atoms with Gasteiger partial charge in [0.1, 0.15) is 5.82 Å². The zero-order valence-electron chi connectivity index (χ0n) is 10.9. The van der Waals surface area contributed by atoms with Gasteiger partial charge in [-0.05, 0) is 37.6 Å². The predicted molar refractivity (Wildman–Crippen MR) is 68.8 cm³/mol. The van der Waals surface area contributed by atoms with Crippen LogP contribution in [0.1, 0.15) is 19.4 Å². The zero-order valence-corrected chi connectivity index (χ0v) is 10.9. The zero-order chi connectivity index (χ0) is 13.4. The molecule has 0 amide bonds. The van der Waals surface area contributed by atoms with E-state index < -0.39 is 0 Å². The summed E-state index contributed by atoms with van der Waals surface area (Å²) in [5.41, 5.74) is 1.08. The number of benzene rings is 1. The van der Waals surface area contributed by atoms with Crippen molar-refractivity contribution in [1.29, 1.82) is 0 Å². The molecular formula is C14H20FNO2. The molecule has 0 radical (unpaired) electrons. The molecule has 0 saturated heterocycles. The van der Waals surface area contributed by atoms with Gasteiger partial charge in [-0.25, -0.2) is 4.39 Å². The van der Waals surface area contributed by atoms with E-state index >= 15 is 0 Å². The molecule has 0 heterocycles. The van der Waals surface area contributed by atoms with Gasteiger partial charge in [-0.3, -0.25) is 4.79 Å². The van der Waals surface area contributed by atoms with E-state index in [1.54, 1.807) is 19.1 Å². The van der Waals surface area contributed by atoms with Crippen molar-refractivity contribution in [2.75, 3.05) is 19.7 Å². The van der Waals surface area contributed by atoms with Crippen LogP contribution in [0.3, 0.4) is 0 Å². The van der Waals surface area contributed by atoms with Crippen LogP contribution < -0.4 is 5.32 Å². The molecule has 0 aliphatic rings. The van der Waals surface area contributed by atoms with Gasteiger partial charge in [0.05, 0.1) is 12.5 Å². The normalized spacial score (nSPS) is 12.2. The second-order valence-corrected chi connectivity index (χ2v) is 4.23. The molecule has 0 saturated carbocycles. The average molecular weight is 253 g/mol. The van der Waals surface area contributed by atoms with Gasteiger partial charge in [-0.1, -0.05) is 19.1 Å². The summed E-state index contributed by atoms with van der Waals surface area (Å²) in [4.78, 5) is 11.3.